The molecule has 7 nitrogen and oxygen atoms in total. The Morgan fingerprint density at radius 1 is 0.947 bits per heavy atom. The molecule has 7 unspecified atom stereocenters. The van der Waals surface area contributed by atoms with Crippen molar-refractivity contribution in [2.75, 3.05) is 0 Å². The van der Waals surface area contributed by atoms with Gasteiger partial charge in [0.25, 0.3) is 0 Å². The van der Waals surface area contributed by atoms with Gasteiger partial charge in [0.15, 0.2) is 0 Å². The van der Waals surface area contributed by atoms with Crippen molar-refractivity contribution >= 4 is 18.0 Å². The number of fused-ring (bicyclic) bond motifs is 1. The van der Waals surface area contributed by atoms with Gasteiger partial charge in [0.2, 0.25) is 0 Å². The van der Waals surface area contributed by atoms with Crippen LogP contribution in [0.4, 0.5) is 0 Å². The number of esters is 2. The van der Waals surface area contributed by atoms with Crippen molar-refractivity contribution in [3.63, 3.8) is 0 Å². The van der Waals surface area contributed by atoms with Crippen LogP contribution in [0.3, 0.4) is 0 Å². The summed E-state index contributed by atoms with van der Waals surface area (Å²) in [6.45, 7) is 7.22. The Morgan fingerprint density at radius 3 is 2.24 bits per heavy atom. The van der Waals surface area contributed by atoms with Gasteiger partial charge < -0.3 is 24.4 Å². The first-order valence-electron chi connectivity index (χ1n) is 13.2. The molecule has 1 saturated heterocycles. The number of aliphatic hydroxyl groups excluding tert-OH is 1. The fourth-order valence-electron chi connectivity index (χ4n) is 7.15. The first kappa shape index (κ1) is 26.6. The maximum Gasteiger partial charge on any atom is 0.338 e. The van der Waals surface area contributed by atoms with E-state index in [1.54, 1.807) is 37.3 Å². The van der Waals surface area contributed by atoms with Crippen molar-refractivity contribution in [3.8, 4) is 0 Å². The molecule has 0 amide bonds. The summed E-state index contributed by atoms with van der Waals surface area (Å²) in [5.41, 5.74) is -3.79. The minimum absolute atomic E-state index is 0.240. The molecule has 2 N–H and O–H groups in total. The zero-order valence-electron chi connectivity index (χ0n) is 22.3. The summed E-state index contributed by atoms with van der Waals surface area (Å²) in [5.74, 6) is -1.47. The number of hydrogen-bond donors (Lipinski definition) is 2. The van der Waals surface area contributed by atoms with Gasteiger partial charge in [-0.25, -0.2) is 9.59 Å². The van der Waals surface area contributed by atoms with Crippen molar-refractivity contribution in [2.45, 2.75) is 82.1 Å². The molecular weight excluding hydrogens is 484 g/mol. The fraction of sp³-hybridized carbons (Fsp3) is 0.484. The largest absolute Gasteiger partial charge is 0.458 e. The second-order valence-corrected chi connectivity index (χ2v) is 11.8. The average molecular weight is 521 g/mol. The first-order valence-corrected chi connectivity index (χ1v) is 13.2. The van der Waals surface area contributed by atoms with Gasteiger partial charge in [-0.2, -0.15) is 0 Å². The predicted molar refractivity (Wildman–Crippen MR) is 141 cm³/mol. The normalized spacial score (nSPS) is 37.4. The molecule has 2 aromatic carbocycles. The maximum atomic E-state index is 13.2. The van der Waals surface area contributed by atoms with Gasteiger partial charge in [0.1, 0.15) is 17.8 Å². The molecular formula is C31H36O7. The van der Waals surface area contributed by atoms with E-state index in [2.05, 4.69) is 0 Å². The highest BCUT2D eigenvalue weighted by atomic mass is 16.6. The third-order valence-electron chi connectivity index (χ3n) is 9.14. The summed E-state index contributed by atoms with van der Waals surface area (Å²) in [6.07, 6.45) is 1.29. The summed E-state index contributed by atoms with van der Waals surface area (Å²) in [4.78, 5) is 26.3. The molecule has 3 fully saturated rings. The number of hydrogen-bond acceptors (Lipinski definition) is 7. The van der Waals surface area contributed by atoms with Crippen LogP contribution < -0.4 is 0 Å². The second-order valence-electron chi connectivity index (χ2n) is 11.8. The Morgan fingerprint density at radius 2 is 1.58 bits per heavy atom. The van der Waals surface area contributed by atoms with Gasteiger partial charge in [-0.15, -0.1) is 0 Å². The lowest BCUT2D eigenvalue weighted by Gasteiger charge is -2.63. The standard InChI is InChI=1S/C31H36O7/c1-28(2)22-19-24(36-25(32)16-15-20-11-7-5-8-12-20)30(4)23(37-27(34)21-13-9-6-10-14-21)17-18-29(3,35)31(30,38-28)26(22)33/h5-16,22-24,26,33,35H,17-19H2,1-4H3. The number of aliphatic hydroxyl groups is 2. The Labute approximate surface area is 223 Å². The third-order valence-corrected chi connectivity index (χ3v) is 9.14. The lowest BCUT2D eigenvalue weighted by Crippen LogP contribution is -2.78. The van der Waals surface area contributed by atoms with E-state index >= 15 is 0 Å². The van der Waals surface area contributed by atoms with Gasteiger partial charge in [0, 0.05) is 12.0 Å². The van der Waals surface area contributed by atoms with Gasteiger partial charge in [-0.3, -0.25) is 0 Å². The lowest BCUT2D eigenvalue weighted by atomic mass is 9.47. The maximum absolute atomic E-state index is 13.2. The minimum atomic E-state index is -1.53. The van der Waals surface area contributed by atoms with Crippen LogP contribution in [0.2, 0.25) is 0 Å². The minimum Gasteiger partial charge on any atom is -0.458 e. The van der Waals surface area contributed by atoms with Gasteiger partial charge in [-0.05, 0) is 70.7 Å². The molecule has 3 aliphatic rings. The highest BCUT2D eigenvalue weighted by Crippen LogP contribution is 2.67. The molecule has 5 rings (SSSR count). The highest BCUT2D eigenvalue weighted by Gasteiger charge is 2.81. The summed E-state index contributed by atoms with van der Waals surface area (Å²) >= 11 is 0. The topological polar surface area (TPSA) is 102 Å². The lowest BCUT2D eigenvalue weighted by molar-refractivity contribution is -0.326. The Balaban J connectivity index is 1.54. The van der Waals surface area contributed by atoms with Crippen LogP contribution >= 0.6 is 0 Å². The summed E-state index contributed by atoms with van der Waals surface area (Å²) < 4.78 is 18.8. The molecule has 2 aromatic rings. The highest BCUT2D eigenvalue weighted by molar-refractivity contribution is 5.89. The summed E-state index contributed by atoms with van der Waals surface area (Å²) in [7, 11) is 0. The van der Waals surface area contributed by atoms with Gasteiger partial charge in [-0.1, -0.05) is 48.5 Å². The van der Waals surface area contributed by atoms with Crippen LogP contribution in [0, 0.1) is 11.3 Å². The quantitative estimate of drug-likeness (QED) is 0.447. The molecule has 1 aliphatic heterocycles. The zero-order chi connectivity index (χ0) is 27.3. The monoisotopic (exact) mass is 520 g/mol. The van der Waals surface area contributed by atoms with E-state index in [0.717, 1.165) is 5.56 Å². The Kier molecular flexibility index (Phi) is 6.53. The summed E-state index contributed by atoms with van der Waals surface area (Å²) in [6, 6.07) is 18.1. The summed E-state index contributed by atoms with van der Waals surface area (Å²) in [5, 5.41) is 23.5. The van der Waals surface area contributed by atoms with E-state index in [1.807, 2.05) is 57.2 Å². The second kappa shape index (κ2) is 9.33. The van der Waals surface area contributed by atoms with Gasteiger partial charge in [0.05, 0.1) is 28.3 Å². The molecule has 0 radical (unpaired) electrons. The molecule has 7 heteroatoms. The van der Waals surface area contributed by atoms with E-state index in [0.29, 0.717) is 18.4 Å². The Bertz CT molecular complexity index is 1220. The number of carbonyl (C=O) groups excluding carboxylic acids is 2. The zero-order valence-corrected chi connectivity index (χ0v) is 22.3. The molecule has 38 heavy (non-hydrogen) atoms. The van der Waals surface area contributed by atoms with E-state index < -0.39 is 58.4 Å². The van der Waals surface area contributed by atoms with Crippen LogP contribution in [-0.2, 0) is 19.0 Å². The molecule has 1 spiro atoms. The predicted octanol–water partition coefficient (Wildman–Crippen LogP) is 4.32. The van der Waals surface area contributed by atoms with Crippen LogP contribution in [0.25, 0.3) is 6.08 Å². The van der Waals surface area contributed by atoms with E-state index in [-0.39, 0.29) is 6.42 Å². The fourth-order valence-corrected chi connectivity index (χ4v) is 7.15. The number of rotatable bonds is 5. The van der Waals surface area contributed by atoms with Crippen molar-refractivity contribution < 1.29 is 34.0 Å². The molecule has 2 saturated carbocycles. The van der Waals surface area contributed by atoms with Crippen LogP contribution in [0.5, 0.6) is 0 Å². The smallest absolute Gasteiger partial charge is 0.338 e. The Hall–Kier alpha value is -3.00. The van der Waals surface area contributed by atoms with E-state index in [9.17, 15) is 19.8 Å². The van der Waals surface area contributed by atoms with Gasteiger partial charge >= 0.3 is 11.9 Å². The molecule has 7 atom stereocenters. The van der Waals surface area contributed by atoms with Crippen molar-refractivity contribution in [1.82, 2.24) is 0 Å². The molecule has 2 bridgehead atoms. The van der Waals surface area contributed by atoms with E-state index in [4.69, 9.17) is 14.2 Å². The molecule has 2 aliphatic carbocycles. The molecule has 1 heterocycles. The number of carbonyl (C=O) groups is 2. The van der Waals surface area contributed by atoms with Crippen molar-refractivity contribution in [3.05, 3.63) is 77.9 Å². The molecule has 202 valence electrons. The third kappa shape index (κ3) is 3.99. The van der Waals surface area contributed by atoms with Crippen molar-refractivity contribution in [2.24, 2.45) is 11.3 Å². The average Bonchev–Trinajstić information content (AvgIpc) is 3.05. The van der Waals surface area contributed by atoms with Crippen LogP contribution in [-0.4, -0.2) is 57.3 Å². The van der Waals surface area contributed by atoms with Crippen LogP contribution in [0.1, 0.15) is 62.9 Å². The van der Waals surface area contributed by atoms with Crippen LogP contribution in [0.15, 0.2) is 66.7 Å². The number of benzene rings is 2. The SMILES string of the molecule is CC1(C)OC23C(O)C1CC(OC(=O)C=Cc1ccccc1)C2(C)C(OC(=O)c1ccccc1)CCC3(C)O. The van der Waals surface area contributed by atoms with E-state index in [1.165, 1.54) is 6.08 Å². The van der Waals surface area contributed by atoms with Crippen molar-refractivity contribution in [1.29, 1.82) is 0 Å². The molecule has 0 aromatic heterocycles. The first-order chi connectivity index (χ1) is 17.9. The number of ether oxygens (including phenoxy) is 3.